The second-order valence-corrected chi connectivity index (χ2v) is 7.22. The Morgan fingerprint density at radius 1 is 1.30 bits per heavy atom. The highest BCUT2D eigenvalue weighted by Gasteiger charge is 2.24. The molecule has 7 heteroatoms. The molecule has 1 fully saturated rings. The maximum atomic E-state index is 13.7. The van der Waals surface area contributed by atoms with Gasteiger partial charge in [-0.1, -0.05) is 17.7 Å². The standard InChI is InChI=1S/C13H17ClFNO3S/c14-11-2-1-3-12(13(11)15)20(18,19)16-8-9-4-6-10(17)7-5-9/h1-3,9-10,16-17H,4-8H2. The summed E-state index contributed by atoms with van der Waals surface area (Å²) < 4.78 is 40.3. The van der Waals surface area contributed by atoms with Crippen LogP contribution in [-0.2, 0) is 10.0 Å². The van der Waals surface area contributed by atoms with E-state index < -0.39 is 20.7 Å². The highest BCUT2D eigenvalue weighted by atomic mass is 35.5. The minimum atomic E-state index is -3.90. The molecule has 0 radical (unpaired) electrons. The maximum Gasteiger partial charge on any atom is 0.243 e. The number of hydrogen-bond acceptors (Lipinski definition) is 3. The average molecular weight is 322 g/mol. The number of halogens is 2. The van der Waals surface area contributed by atoms with E-state index in [0.717, 1.165) is 12.8 Å². The Morgan fingerprint density at radius 3 is 2.60 bits per heavy atom. The molecule has 1 aliphatic rings. The van der Waals surface area contributed by atoms with Crippen molar-refractivity contribution in [2.75, 3.05) is 6.54 Å². The summed E-state index contributed by atoms with van der Waals surface area (Å²) in [6.07, 6.45) is 2.60. The van der Waals surface area contributed by atoms with Gasteiger partial charge in [0.1, 0.15) is 4.90 Å². The Kier molecular flexibility index (Phi) is 5.01. The van der Waals surface area contributed by atoms with Gasteiger partial charge in [0, 0.05) is 6.54 Å². The van der Waals surface area contributed by atoms with Gasteiger partial charge in [-0.3, -0.25) is 0 Å². The topological polar surface area (TPSA) is 66.4 Å². The van der Waals surface area contributed by atoms with Gasteiger partial charge in [-0.15, -0.1) is 0 Å². The summed E-state index contributed by atoms with van der Waals surface area (Å²) in [5.74, 6) is -0.754. The normalized spacial score (nSPS) is 23.8. The molecule has 1 saturated carbocycles. The van der Waals surface area contributed by atoms with Crippen LogP contribution in [0, 0.1) is 11.7 Å². The Morgan fingerprint density at radius 2 is 1.95 bits per heavy atom. The van der Waals surface area contributed by atoms with E-state index in [9.17, 15) is 17.9 Å². The molecule has 0 aliphatic heterocycles. The molecular weight excluding hydrogens is 305 g/mol. The van der Waals surface area contributed by atoms with Crippen LogP contribution >= 0.6 is 11.6 Å². The molecule has 0 spiro atoms. The van der Waals surface area contributed by atoms with Crippen molar-refractivity contribution in [3.8, 4) is 0 Å². The number of rotatable bonds is 4. The van der Waals surface area contributed by atoms with Crippen LogP contribution < -0.4 is 4.72 Å². The van der Waals surface area contributed by atoms with E-state index in [2.05, 4.69) is 4.72 Å². The summed E-state index contributed by atoms with van der Waals surface area (Å²) in [4.78, 5) is -0.430. The van der Waals surface area contributed by atoms with E-state index in [0.29, 0.717) is 12.8 Å². The van der Waals surface area contributed by atoms with Gasteiger partial charge in [0.2, 0.25) is 10.0 Å². The van der Waals surface area contributed by atoms with Gasteiger partial charge < -0.3 is 5.11 Å². The maximum absolute atomic E-state index is 13.7. The summed E-state index contributed by atoms with van der Waals surface area (Å²) >= 11 is 5.59. The molecular formula is C13H17ClFNO3S. The van der Waals surface area contributed by atoms with E-state index in [1.807, 2.05) is 0 Å². The number of hydrogen-bond donors (Lipinski definition) is 2. The van der Waals surface area contributed by atoms with Crippen LogP contribution in [0.4, 0.5) is 4.39 Å². The first kappa shape index (κ1) is 15.7. The summed E-state index contributed by atoms with van der Waals surface area (Å²) in [7, 11) is -3.90. The predicted octanol–water partition coefficient (Wildman–Crippen LogP) is 2.31. The Balaban J connectivity index is 2.03. The first-order chi connectivity index (χ1) is 9.40. The smallest absolute Gasteiger partial charge is 0.243 e. The van der Waals surface area contributed by atoms with Crippen LogP contribution in [0.2, 0.25) is 5.02 Å². The molecule has 0 bridgehead atoms. The summed E-state index contributed by atoms with van der Waals surface area (Å²) in [5, 5.41) is 9.18. The van der Waals surface area contributed by atoms with Crippen molar-refractivity contribution in [2.24, 2.45) is 5.92 Å². The van der Waals surface area contributed by atoms with Crippen molar-refractivity contribution in [1.29, 1.82) is 0 Å². The quantitative estimate of drug-likeness (QED) is 0.894. The second-order valence-electron chi connectivity index (χ2n) is 5.08. The van der Waals surface area contributed by atoms with Gasteiger partial charge in [-0.25, -0.2) is 17.5 Å². The van der Waals surface area contributed by atoms with E-state index in [-0.39, 0.29) is 23.6 Å². The highest BCUT2D eigenvalue weighted by Crippen LogP contribution is 2.25. The molecule has 2 rings (SSSR count). The Hall–Kier alpha value is -0.690. The molecule has 1 aromatic rings. The van der Waals surface area contributed by atoms with Gasteiger partial charge in [-0.2, -0.15) is 0 Å². The fourth-order valence-corrected chi connectivity index (χ4v) is 3.79. The summed E-state index contributed by atoms with van der Waals surface area (Å²) in [6.45, 7) is 0.251. The zero-order valence-corrected chi connectivity index (χ0v) is 12.4. The van der Waals surface area contributed by atoms with Gasteiger partial charge in [0.15, 0.2) is 5.82 Å². The largest absolute Gasteiger partial charge is 0.393 e. The minimum absolute atomic E-state index is 0.176. The van der Waals surface area contributed by atoms with Crippen LogP contribution in [0.3, 0.4) is 0 Å². The minimum Gasteiger partial charge on any atom is -0.393 e. The summed E-state index contributed by atoms with van der Waals surface area (Å²) in [6, 6.07) is 3.89. The molecule has 0 saturated heterocycles. The molecule has 1 aromatic carbocycles. The lowest BCUT2D eigenvalue weighted by Crippen LogP contribution is -2.32. The third-order valence-electron chi connectivity index (χ3n) is 3.58. The number of aliphatic hydroxyl groups excluding tert-OH is 1. The lowest BCUT2D eigenvalue weighted by atomic mass is 9.88. The third kappa shape index (κ3) is 3.69. The molecule has 0 amide bonds. The van der Waals surface area contributed by atoms with E-state index >= 15 is 0 Å². The fraction of sp³-hybridized carbons (Fsp3) is 0.538. The Bertz CT molecular complexity index is 571. The lowest BCUT2D eigenvalue weighted by molar-refractivity contribution is 0.109. The van der Waals surface area contributed by atoms with E-state index in [1.165, 1.54) is 18.2 Å². The van der Waals surface area contributed by atoms with Crippen molar-refractivity contribution < 1.29 is 17.9 Å². The summed E-state index contributed by atoms with van der Waals surface area (Å²) in [5.41, 5.74) is 0. The Labute approximate surface area is 123 Å². The van der Waals surface area contributed by atoms with Crippen LogP contribution in [0.25, 0.3) is 0 Å². The number of sulfonamides is 1. The van der Waals surface area contributed by atoms with Crippen LogP contribution in [0.1, 0.15) is 25.7 Å². The first-order valence-electron chi connectivity index (χ1n) is 6.52. The van der Waals surface area contributed by atoms with Gasteiger partial charge >= 0.3 is 0 Å². The molecule has 0 heterocycles. The average Bonchev–Trinajstić information content (AvgIpc) is 2.41. The lowest BCUT2D eigenvalue weighted by Gasteiger charge is -2.25. The molecule has 112 valence electrons. The first-order valence-corrected chi connectivity index (χ1v) is 8.38. The molecule has 2 N–H and O–H groups in total. The zero-order chi connectivity index (χ0) is 14.8. The molecule has 20 heavy (non-hydrogen) atoms. The van der Waals surface area contributed by atoms with Crippen molar-refractivity contribution in [2.45, 2.75) is 36.7 Å². The van der Waals surface area contributed by atoms with Crippen molar-refractivity contribution >= 4 is 21.6 Å². The van der Waals surface area contributed by atoms with Crippen molar-refractivity contribution in [3.63, 3.8) is 0 Å². The second kappa shape index (κ2) is 6.39. The number of aliphatic hydroxyl groups is 1. The number of benzene rings is 1. The molecule has 1 aliphatic carbocycles. The van der Waals surface area contributed by atoms with Crippen molar-refractivity contribution in [1.82, 2.24) is 4.72 Å². The third-order valence-corrected chi connectivity index (χ3v) is 5.32. The van der Waals surface area contributed by atoms with E-state index in [4.69, 9.17) is 11.6 Å². The van der Waals surface area contributed by atoms with Crippen LogP contribution in [0.5, 0.6) is 0 Å². The number of nitrogens with one attached hydrogen (secondary N) is 1. The zero-order valence-electron chi connectivity index (χ0n) is 10.9. The van der Waals surface area contributed by atoms with E-state index in [1.54, 1.807) is 0 Å². The molecule has 0 unspecified atom stereocenters. The SMILES string of the molecule is O=S(=O)(NCC1CCC(O)CC1)c1cccc(Cl)c1F. The molecule has 0 atom stereocenters. The molecule has 0 aromatic heterocycles. The highest BCUT2D eigenvalue weighted by molar-refractivity contribution is 7.89. The monoisotopic (exact) mass is 321 g/mol. The molecule has 4 nitrogen and oxygen atoms in total. The van der Waals surface area contributed by atoms with Crippen LogP contribution in [-0.4, -0.2) is 26.2 Å². The van der Waals surface area contributed by atoms with Crippen LogP contribution in [0.15, 0.2) is 23.1 Å². The van der Waals surface area contributed by atoms with Gasteiger partial charge in [0.25, 0.3) is 0 Å². The van der Waals surface area contributed by atoms with Gasteiger partial charge in [-0.05, 0) is 43.7 Å². The fourth-order valence-electron chi connectivity index (χ4n) is 2.35. The predicted molar refractivity (Wildman–Crippen MR) is 74.6 cm³/mol. The van der Waals surface area contributed by atoms with Crippen molar-refractivity contribution in [3.05, 3.63) is 29.0 Å². The van der Waals surface area contributed by atoms with Gasteiger partial charge in [0.05, 0.1) is 11.1 Å².